The summed E-state index contributed by atoms with van der Waals surface area (Å²) < 4.78 is 10.7. The normalized spacial score (nSPS) is 11.0. The Hall–Kier alpha value is -2.66. The molecule has 130 valence electrons. The van der Waals surface area contributed by atoms with Gasteiger partial charge in [0.2, 0.25) is 11.7 Å². The third-order valence-electron chi connectivity index (χ3n) is 3.94. The predicted molar refractivity (Wildman–Crippen MR) is 97.1 cm³/mol. The summed E-state index contributed by atoms with van der Waals surface area (Å²) in [6.45, 7) is 4.66. The molecule has 0 aliphatic carbocycles. The number of rotatable bonds is 8. The van der Waals surface area contributed by atoms with E-state index in [-0.39, 0.29) is 0 Å². The lowest BCUT2D eigenvalue weighted by Crippen LogP contribution is -2.23. The summed E-state index contributed by atoms with van der Waals surface area (Å²) in [5.41, 5.74) is 2.17. The molecule has 2 aromatic carbocycles. The van der Waals surface area contributed by atoms with Gasteiger partial charge in [0.05, 0.1) is 13.7 Å². The first-order chi connectivity index (χ1) is 12.3. The minimum absolute atomic E-state index is 0.588. The van der Waals surface area contributed by atoms with Crippen LogP contribution in [0, 0.1) is 0 Å². The van der Waals surface area contributed by atoms with Gasteiger partial charge in [-0.1, -0.05) is 54.5 Å². The molecule has 25 heavy (non-hydrogen) atoms. The second-order valence-corrected chi connectivity index (χ2v) is 5.94. The van der Waals surface area contributed by atoms with E-state index in [1.807, 2.05) is 30.3 Å². The standard InChI is InChI=1S/C20H23N3O2/c1-3-12-23(14-16-8-5-4-6-9-16)15-19-21-20(22-25-19)17-10-7-11-18(13-17)24-2/h4-11,13H,3,12,14-15H2,1-2H3. The van der Waals surface area contributed by atoms with E-state index in [2.05, 4.69) is 46.2 Å². The van der Waals surface area contributed by atoms with E-state index in [9.17, 15) is 0 Å². The Morgan fingerprint density at radius 2 is 1.88 bits per heavy atom. The van der Waals surface area contributed by atoms with Crippen molar-refractivity contribution in [3.05, 3.63) is 66.1 Å². The fourth-order valence-electron chi connectivity index (χ4n) is 2.76. The van der Waals surface area contributed by atoms with Gasteiger partial charge in [0.25, 0.3) is 0 Å². The van der Waals surface area contributed by atoms with Crippen molar-refractivity contribution in [1.29, 1.82) is 0 Å². The van der Waals surface area contributed by atoms with Crippen LogP contribution in [0.3, 0.4) is 0 Å². The zero-order valence-electron chi connectivity index (χ0n) is 14.7. The van der Waals surface area contributed by atoms with Crippen LogP contribution in [0.15, 0.2) is 59.1 Å². The average Bonchev–Trinajstić information content (AvgIpc) is 3.11. The molecule has 1 heterocycles. The summed E-state index contributed by atoms with van der Waals surface area (Å²) in [5, 5.41) is 4.11. The second-order valence-electron chi connectivity index (χ2n) is 5.94. The van der Waals surface area contributed by atoms with Crippen LogP contribution in [0.4, 0.5) is 0 Å². The van der Waals surface area contributed by atoms with E-state index in [0.29, 0.717) is 18.3 Å². The molecule has 0 spiro atoms. The van der Waals surface area contributed by atoms with Crippen LogP contribution >= 0.6 is 0 Å². The van der Waals surface area contributed by atoms with Gasteiger partial charge in [-0.3, -0.25) is 4.90 Å². The highest BCUT2D eigenvalue weighted by Crippen LogP contribution is 2.21. The molecule has 0 saturated carbocycles. The highest BCUT2D eigenvalue weighted by molar-refractivity contribution is 5.56. The van der Waals surface area contributed by atoms with E-state index in [1.165, 1.54) is 5.56 Å². The first-order valence-electron chi connectivity index (χ1n) is 8.51. The minimum atomic E-state index is 0.588. The van der Waals surface area contributed by atoms with Crippen LogP contribution < -0.4 is 4.74 Å². The van der Waals surface area contributed by atoms with Crippen LogP contribution in [-0.4, -0.2) is 28.7 Å². The van der Waals surface area contributed by atoms with Gasteiger partial charge < -0.3 is 9.26 Å². The topological polar surface area (TPSA) is 51.4 Å². The zero-order valence-corrected chi connectivity index (χ0v) is 14.7. The summed E-state index contributed by atoms with van der Waals surface area (Å²) in [7, 11) is 1.65. The van der Waals surface area contributed by atoms with Crippen LogP contribution in [0.2, 0.25) is 0 Å². The van der Waals surface area contributed by atoms with E-state index < -0.39 is 0 Å². The van der Waals surface area contributed by atoms with E-state index in [1.54, 1.807) is 7.11 Å². The zero-order chi connectivity index (χ0) is 17.5. The lowest BCUT2D eigenvalue weighted by Gasteiger charge is -2.19. The number of nitrogens with zero attached hydrogens (tertiary/aromatic N) is 3. The van der Waals surface area contributed by atoms with Crippen LogP contribution in [0.5, 0.6) is 5.75 Å². The van der Waals surface area contributed by atoms with Gasteiger partial charge in [-0.05, 0) is 30.7 Å². The maximum Gasteiger partial charge on any atom is 0.241 e. The van der Waals surface area contributed by atoms with Crippen LogP contribution in [-0.2, 0) is 13.1 Å². The second kappa shape index (κ2) is 8.44. The fraction of sp³-hybridized carbons (Fsp3) is 0.300. The van der Waals surface area contributed by atoms with Crippen molar-refractivity contribution in [3.63, 3.8) is 0 Å². The number of methoxy groups -OCH3 is 1. The largest absolute Gasteiger partial charge is 0.497 e. The molecule has 0 radical (unpaired) electrons. The summed E-state index contributed by atoms with van der Waals surface area (Å²) in [5.74, 6) is 1.99. The Bertz CT molecular complexity index is 786. The third-order valence-corrected chi connectivity index (χ3v) is 3.94. The maximum atomic E-state index is 5.46. The minimum Gasteiger partial charge on any atom is -0.497 e. The lowest BCUT2D eigenvalue weighted by atomic mass is 10.2. The Kier molecular flexibility index (Phi) is 5.80. The van der Waals surface area contributed by atoms with Crippen molar-refractivity contribution in [1.82, 2.24) is 15.0 Å². The van der Waals surface area contributed by atoms with E-state index in [0.717, 1.165) is 30.8 Å². The fourth-order valence-corrected chi connectivity index (χ4v) is 2.76. The predicted octanol–water partition coefficient (Wildman–Crippen LogP) is 4.16. The Labute approximate surface area is 148 Å². The SMILES string of the molecule is CCCN(Cc1ccccc1)Cc1nc(-c2cccc(OC)c2)no1. The van der Waals surface area contributed by atoms with Gasteiger partial charge in [0.1, 0.15) is 5.75 Å². The van der Waals surface area contributed by atoms with Gasteiger partial charge in [-0.2, -0.15) is 4.98 Å². The molecule has 0 unspecified atom stereocenters. The van der Waals surface area contributed by atoms with E-state index >= 15 is 0 Å². The number of benzene rings is 2. The molecule has 0 bridgehead atoms. The molecule has 0 fully saturated rings. The molecule has 3 rings (SSSR count). The van der Waals surface area contributed by atoms with Crippen molar-refractivity contribution in [2.24, 2.45) is 0 Å². The average molecular weight is 337 g/mol. The van der Waals surface area contributed by atoms with Gasteiger partial charge in [0, 0.05) is 12.1 Å². The molecule has 0 atom stereocenters. The van der Waals surface area contributed by atoms with Gasteiger partial charge >= 0.3 is 0 Å². The molecule has 0 aliphatic rings. The number of ether oxygens (including phenoxy) is 1. The summed E-state index contributed by atoms with van der Waals surface area (Å²) in [6.07, 6.45) is 1.07. The molecule has 0 amide bonds. The Balaban J connectivity index is 1.71. The molecular weight excluding hydrogens is 314 g/mol. The van der Waals surface area contributed by atoms with Gasteiger partial charge in [-0.15, -0.1) is 0 Å². The molecular formula is C20H23N3O2. The lowest BCUT2D eigenvalue weighted by molar-refractivity contribution is 0.219. The smallest absolute Gasteiger partial charge is 0.241 e. The Morgan fingerprint density at radius 1 is 1.04 bits per heavy atom. The highest BCUT2D eigenvalue weighted by atomic mass is 16.5. The highest BCUT2D eigenvalue weighted by Gasteiger charge is 2.13. The number of hydrogen-bond donors (Lipinski definition) is 0. The van der Waals surface area contributed by atoms with Crippen molar-refractivity contribution in [2.45, 2.75) is 26.4 Å². The first kappa shape index (κ1) is 17.2. The third kappa shape index (κ3) is 4.67. The van der Waals surface area contributed by atoms with Crippen molar-refractivity contribution in [2.75, 3.05) is 13.7 Å². The summed E-state index contributed by atoms with van der Waals surface area (Å²) in [4.78, 5) is 6.86. The molecule has 0 N–H and O–H groups in total. The monoisotopic (exact) mass is 337 g/mol. The molecule has 0 aliphatic heterocycles. The first-order valence-corrected chi connectivity index (χ1v) is 8.51. The van der Waals surface area contributed by atoms with Crippen LogP contribution in [0.1, 0.15) is 24.8 Å². The number of hydrogen-bond acceptors (Lipinski definition) is 5. The maximum absolute atomic E-state index is 5.46. The number of aromatic nitrogens is 2. The van der Waals surface area contributed by atoms with E-state index in [4.69, 9.17) is 9.26 Å². The Morgan fingerprint density at radius 3 is 2.64 bits per heavy atom. The van der Waals surface area contributed by atoms with Crippen molar-refractivity contribution in [3.8, 4) is 17.1 Å². The summed E-state index contributed by atoms with van der Waals surface area (Å²) in [6, 6.07) is 18.1. The molecule has 0 saturated heterocycles. The van der Waals surface area contributed by atoms with Crippen molar-refractivity contribution < 1.29 is 9.26 Å². The molecule has 1 aromatic heterocycles. The molecule has 3 aromatic rings. The quantitative estimate of drug-likeness (QED) is 0.618. The van der Waals surface area contributed by atoms with Gasteiger partial charge in [0.15, 0.2) is 0 Å². The van der Waals surface area contributed by atoms with Gasteiger partial charge in [-0.25, -0.2) is 0 Å². The molecule has 5 nitrogen and oxygen atoms in total. The summed E-state index contributed by atoms with van der Waals surface area (Å²) >= 11 is 0. The molecule has 5 heteroatoms. The van der Waals surface area contributed by atoms with Crippen molar-refractivity contribution >= 4 is 0 Å². The van der Waals surface area contributed by atoms with Crippen LogP contribution in [0.25, 0.3) is 11.4 Å².